The second-order valence-corrected chi connectivity index (χ2v) is 3.56. The van der Waals surface area contributed by atoms with Crippen molar-refractivity contribution in [2.45, 2.75) is 20.3 Å². The standard InChI is InChI=1S/C9H12N2S/c1-3-7-5-4-6(2)8-9(7)11-12-10-8/h4-5,10-11H,3H2,1-2H3. The van der Waals surface area contributed by atoms with E-state index in [2.05, 4.69) is 35.4 Å². The van der Waals surface area contributed by atoms with E-state index in [1.54, 1.807) is 12.1 Å². The molecule has 2 N–H and O–H groups in total. The average molecular weight is 180 g/mol. The van der Waals surface area contributed by atoms with Gasteiger partial charge in [-0.1, -0.05) is 19.1 Å². The van der Waals surface area contributed by atoms with Crippen molar-refractivity contribution < 1.29 is 0 Å². The Hall–Kier alpha value is -0.830. The zero-order chi connectivity index (χ0) is 8.55. The molecule has 1 heterocycles. The molecular weight excluding hydrogens is 168 g/mol. The topological polar surface area (TPSA) is 24.1 Å². The molecule has 0 saturated carbocycles. The summed E-state index contributed by atoms with van der Waals surface area (Å²) in [5.41, 5.74) is 5.20. The highest BCUT2D eigenvalue weighted by Gasteiger charge is 2.15. The van der Waals surface area contributed by atoms with Crippen molar-refractivity contribution in [3.8, 4) is 0 Å². The van der Waals surface area contributed by atoms with Gasteiger partial charge in [0.05, 0.1) is 23.5 Å². The van der Waals surface area contributed by atoms with Crippen LogP contribution < -0.4 is 9.44 Å². The first-order chi connectivity index (χ1) is 5.83. The van der Waals surface area contributed by atoms with Crippen LogP contribution in [0.5, 0.6) is 0 Å². The number of rotatable bonds is 1. The van der Waals surface area contributed by atoms with E-state index in [1.807, 2.05) is 0 Å². The van der Waals surface area contributed by atoms with Crippen LogP contribution in [0.4, 0.5) is 11.4 Å². The van der Waals surface area contributed by atoms with Gasteiger partial charge in [0.25, 0.3) is 0 Å². The first-order valence-electron chi connectivity index (χ1n) is 4.13. The Morgan fingerprint density at radius 3 is 2.75 bits per heavy atom. The fraction of sp³-hybridized carbons (Fsp3) is 0.333. The first kappa shape index (κ1) is 7.80. The summed E-state index contributed by atoms with van der Waals surface area (Å²) in [6.45, 7) is 4.30. The summed E-state index contributed by atoms with van der Waals surface area (Å²) in [4.78, 5) is 0. The summed E-state index contributed by atoms with van der Waals surface area (Å²) in [6, 6.07) is 4.35. The summed E-state index contributed by atoms with van der Waals surface area (Å²) in [5.74, 6) is 0. The van der Waals surface area contributed by atoms with E-state index in [0.29, 0.717) is 0 Å². The van der Waals surface area contributed by atoms with Crippen LogP contribution in [0.3, 0.4) is 0 Å². The Balaban J connectivity index is 2.57. The van der Waals surface area contributed by atoms with E-state index >= 15 is 0 Å². The van der Waals surface area contributed by atoms with Crippen LogP contribution in [0.1, 0.15) is 18.1 Å². The lowest BCUT2D eigenvalue weighted by Gasteiger charge is -2.06. The van der Waals surface area contributed by atoms with Crippen LogP contribution in [-0.4, -0.2) is 0 Å². The molecule has 0 aliphatic carbocycles. The SMILES string of the molecule is CCc1ccc(C)c2c1NSN2. The van der Waals surface area contributed by atoms with Crippen molar-refractivity contribution in [3.63, 3.8) is 0 Å². The van der Waals surface area contributed by atoms with Gasteiger partial charge in [0.2, 0.25) is 0 Å². The second kappa shape index (κ2) is 2.90. The monoisotopic (exact) mass is 180 g/mol. The minimum atomic E-state index is 1.08. The summed E-state index contributed by atoms with van der Waals surface area (Å²) in [6.07, 6.45) is 1.08. The van der Waals surface area contributed by atoms with Crippen molar-refractivity contribution in [1.82, 2.24) is 0 Å². The van der Waals surface area contributed by atoms with Gasteiger partial charge in [-0.3, -0.25) is 0 Å². The lowest BCUT2D eigenvalue weighted by molar-refractivity contribution is 1.14. The molecule has 0 saturated heterocycles. The first-order valence-corrected chi connectivity index (χ1v) is 4.95. The van der Waals surface area contributed by atoms with Gasteiger partial charge in [0.15, 0.2) is 0 Å². The molecule has 2 rings (SSSR count). The van der Waals surface area contributed by atoms with E-state index in [9.17, 15) is 0 Å². The number of benzene rings is 1. The highest BCUT2D eigenvalue weighted by Crippen LogP contribution is 2.38. The molecule has 3 heteroatoms. The number of anilines is 2. The van der Waals surface area contributed by atoms with Crippen LogP contribution in [0.2, 0.25) is 0 Å². The van der Waals surface area contributed by atoms with E-state index in [0.717, 1.165) is 6.42 Å². The van der Waals surface area contributed by atoms with Gasteiger partial charge in [-0.2, -0.15) is 0 Å². The van der Waals surface area contributed by atoms with Crippen LogP contribution in [-0.2, 0) is 6.42 Å². The highest BCUT2D eigenvalue weighted by atomic mass is 32.2. The molecule has 64 valence electrons. The summed E-state index contributed by atoms with van der Waals surface area (Å²) >= 11 is 1.55. The maximum absolute atomic E-state index is 3.27. The largest absolute Gasteiger partial charge is 0.310 e. The molecule has 12 heavy (non-hydrogen) atoms. The molecule has 0 spiro atoms. The summed E-state index contributed by atoms with van der Waals surface area (Å²) in [7, 11) is 0. The molecule has 0 radical (unpaired) electrons. The van der Waals surface area contributed by atoms with E-state index < -0.39 is 0 Å². The Labute approximate surface area is 77.0 Å². The number of aryl methyl sites for hydroxylation is 2. The molecule has 0 amide bonds. The van der Waals surface area contributed by atoms with Gasteiger partial charge in [0, 0.05) is 0 Å². The maximum atomic E-state index is 3.27. The molecule has 0 fully saturated rings. The Morgan fingerprint density at radius 1 is 1.25 bits per heavy atom. The van der Waals surface area contributed by atoms with Crippen molar-refractivity contribution >= 4 is 23.5 Å². The Morgan fingerprint density at radius 2 is 2.00 bits per heavy atom. The molecule has 2 nitrogen and oxygen atoms in total. The van der Waals surface area contributed by atoms with Gasteiger partial charge < -0.3 is 9.44 Å². The van der Waals surface area contributed by atoms with E-state index in [4.69, 9.17) is 0 Å². The third kappa shape index (κ3) is 1.05. The molecule has 1 aromatic carbocycles. The van der Waals surface area contributed by atoms with Crippen LogP contribution in [0.25, 0.3) is 0 Å². The van der Waals surface area contributed by atoms with Gasteiger partial charge in [-0.15, -0.1) is 0 Å². The van der Waals surface area contributed by atoms with Gasteiger partial charge in [-0.05, 0) is 24.5 Å². The fourth-order valence-corrected chi connectivity index (χ4v) is 2.17. The zero-order valence-corrected chi connectivity index (χ0v) is 8.09. The lowest BCUT2D eigenvalue weighted by atomic mass is 10.1. The Kier molecular flexibility index (Phi) is 1.89. The molecule has 0 unspecified atom stereocenters. The molecule has 1 aliphatic rings. The van der Waals surface area contributed by atoms with Crippen LogP contribution in [0, 0.1) is 6.92 Å². The summed E-state index contributed by atoms with van der Waals surface area (Å²) in [5, 5.41) is 0. The quantitative estimate of drug-likeness (QED) is 0.650. The third-order valence-corrected chi connectivity index (χ3v) is 2.80. The van der Waals surface area contributed by atoms with E-state index in [1.165, 1.54) is 22.5 Å². The number of hydrogen-bond acceptors (Lipinski definition) is 3. The van der Waals surface area contributed by atoms with Crippen LogP contribution in [0.15, 0.2) is 12.1 Å². The molecular formula is C9H12N2S. The molecule has 0 aromatic heterocycles. The molecule has 0 bridgehead atoms. The summed E-state index contributed by atoms with van der Waals surface area (Å²) < 4.78 is 6.51. The van der Waals surface area contributed by atoms with Gasteiger partial charge >= 0.3 is 0 Å². The normalized spacial score (nSPS) is 13.5. The minimum Gasteiger partial charge on any atom is -0.310 e. The Bertz CT molecular complexity index is 310. The number of nitrogens with one attached hydrogen (secondary N) is 2. The van der Waals surface area contributed by atoms with Crippen molar-refractivity contribution in [1.29, 1.82) is 0 Å². The number of hydrogen-bond donors (Lipinski definition) is 2. The van der Waals surface area contributed by atoms with Crippen molar-refractivity contribution in [2.75, 3.05) is 9.44 Å². The van der Waals surface area contributed by atoms with Crippen molar-refractivity contribution in [3.05, 3.63) is 23.3 Å². The predicted octanol–water partition coefficient (Wildman–Crippen LogP) is 2.96. The zero-order valence-electron chi connectivity index (χ0n) is 7.27. The number of fused-ring (bicyclic) bond motifs is 1. The average Bonchev–Trinajstić information content (AvgIpc) is 2.54. The van der Waals surface area contributed by atoms with E-state index in [-0.39, 0.29) is 0 Å². The second-order valence-electron chi connectivity index (χ2n) is 2.95. The van der Waals surface area contributed by atoms with Gasteiger partial charge in [0.1, 0.15) is 0 Å². The van der Waals surface area contributed by atoms with Crippen LogP contribution >= 0.6 is 12.1 Å². The lowest BCUT2D eigenvalue weighted by Crippen LogP contribution is -1.89. The van der Waals surface area contributed by atoms with Crippen molar-refractivity contribution in [2.24, 2.45) is 0 Å². The third-order valence-electron chi connectivity index (χ3n) is 2.19. The minimum absolute atomic E-state index is 1.08. The predicted molar refractivity (Wildman–Crippen MR) is 55.4 cm³/mol. The highest BCUT2D eigenvalue weighted by molar-refractivity contribution is 8.02. The smallest absolute Gasteiger partial charge is 0.0732 e. The van der Waals surface area contributed by atoms with Gasteiger partial charge in [-0.25, -0.2) is 0 Å². The molecule has 1 aliphatic heterocycles. The maximum Gasteiger partial charge on any atom is 0.0732 e. The molecule has 1 aromatic rings. The fourth-order valence-electron chi connectivity index (χ4n) is 1.42. The molecule has 0 atom stereocenters.